The Morgan fingerprint density at radius 3 is 2.48 bits per heavy atom. The highest BCUT2D eigenvalue weighted by Crippen LogP contribution is 2.30. The van der Waals surface area contributed by atoms with Crippen LogP contribution in [0.2, 0.25) is 0 Å². The van der Waals surface area contributed by atoms with Crippen molar-refractivity contribution in [3.8, 4) is 28.1 Å². The number of methoxy groups -OCH3 is 1. The van der Waals surface area contributed by atoms with Crippen molar-refractivity contribution in [2.24, 2.45) is 7.05 Å². The Hall–Kier alpha value is -3.43. The first-order valence-corrected chi connectivity index (χ1v) is 10.6. The highest BCUT2D eigenvalue weighted by atomic mass is 16.5. The zero-order chi connectivity index (χ0) is 21.8. The molecule has 0 bridgehead atoms. The number of nitrogens with one attached hydrogen (secondary N) is 1. The molecule has 1 saturated heterocycles. The van der Waals surface area contributed by atoms with E-state index in [9.17, 15) is 4.79 Å². The first kappa shape index (κ1) is 20.8. The summed E-state index contributed by atoms with van der Waals surface area (Å²) in [5, 5.41) is 3.51. The lowest BCUT2D eigenvalue weighted by Crippen LogP contribution is -2.27. The van der Waals surface area contributed by atoms with E-state index in [1.54, 1.807) is 30.9 Å². The zero-order valence-electron chi connectivity index (χ0n) is 17.9. The van der Waals surface area contributed by atoms with Gasteiger partial charge in [0, 0.05) is 19.5 Å². The van der Waals surface area contributed by atoms with Gasteiger partial charge in [0.05, 0.1) is 24.9 Å². The second-order valence-corrected chi connectivity index (χ2v) is 7.83. The van der Waals surface area contributed by atoms with Crippen molar-refractivity contribution in [3.63, 3.8) is 0 Å². The summed E-state index contributed by atoms with van der Waals surface area (Å²) in [5.74, 6) is 1.51. The van der Waals surface area contributed by atoms with E-state index in [1.807, 2.05) is 36.4 Å². The van der Waals surface area contributed by atoms with Crippen LogP contribution in [0.15, 0.2) is 53.3 Å². The topological polar surface area (TPSA) is 60.5 Å². The average molecular weight is 415 g/mol. The van der Waals surface area contributed by atoms with E-state index in [0.717, 1.165) is 42.1 Å². The number of ether oxygens (including phenoxy) is 1. The molecule has 1 aromatic heterocycles. The number of aromatic nitrogens is 2. The van der Waals surface area contributed by atoms with E-state index in [1.165, 1.54) is 12.8 Å². The third-order valence-corrected chi connectivity index (χ3v) is 5.91. The molecule has 158 valence electrons. The molecule has 0 radical (unpaired) electrons. The van der Waals surface area contributed by atoms with Gasteiger partial charge in [0.25, 0.3) is 5.56 Å². The van der Waals surface area contributed by atoms with E-state index in [4.69, 9.17) is 16.3 Å². The summed E-state index contributed by atoms with van der Waals surface area (Å²) in [6, 6.07) is 15.2. The molecule has 1 aliphatic rings. The molecule has 1 unspecified atom stereocenters. The van der Waals surface area contributed by atoms with Crippen molar-refractivity contribution in [1.29, 1.82) is 0 Å². The molecule has 0 amide bonds. The van der Waals surface area contributed by atoms with E-state index < -0.39 is 0 Å². The van der Waals surface area contributed by atoms with E-state index in [0.29, 0.717) is 23.0 Å². The van der Waals surface area contributed by atoms with Crippen LogP contribution in [-0.4, -0.2) is 29.2 Å². The van der Waals surface area contributed by atoms with Crippen LogP contribution >= 0.6 is 0 Å². The van der Waals surface area contributed by atoms with E-state index in [-0.39, 0.29) is 5.56 Å². The van der Waals surface area contributed by atoms with Gasteiger partial charge in [-0.1, -0.05) is 36.4 Å². The minimum Gasteiger partial charge on any atom is -0.497 e. The largest absolute Gasteiger partial charge is 0.497 e. The number of benzene rings is 2. The molecular formula is C25H26N4O2. The molecule has 3 aromatic rings. The standard InChI is InChI=1S/C25H26N4O2/c1-26-19-10-6-18(7-11-19)24-23(17-8-13-21(31-3)14-9-17)25(30)29(2)22(28-24)15-12-20-5-4-16-27-20/h6-11,13-14,20,27H,4-5,12,15-16H2,2-3H3. The Morgan fingerprint density at radius 1 is 1.16 bits per heavy atom. The molecule has 1 atom stereocenters. The van der Waals surface area contributed by atoms with Gasteiger partial charge in [-0.3, -0.25) is 9.36 Å². The highest BCUT2D eigenvalue weighted by Gasteiger charge is 2.20. The lowest BCUT2D eigenvalue weighted by atomic mass is 9.99. The third-order valence-electron chi connectivity index (χ3n) is 5.91. The molecule has 0 saturated carbocycles. The van der Waals surface area contributed by atoms with Crippen molar-refractivity contribution in [3.05, 3.63) is 76.1 Å². The van der Waals surface area contributed by atoms with Gasteiger partial charge in [-0.05, 0) is 49.1 Å². The molecule has 1 N–H and O–H groups in total. The Kier molecular flexibility index (Phi) is 6.15. The fourth-order valence-corrected chi connectivity index (χ4v) is 4.10. The molecule has 2 aromatic carbocycles. The molecule has 0 spiro atoms. The maximum Gasteiger partial charge on any atom is 0.261 e. The second-order valence-electron chi connectivity index (χ2n) is 7.83. The predicted molar refractivity (Wildman–Crippen MR) is 123 cm³/mol. The van der Waals surface area contributed by atoms with Crippen LogP contribution in [-0.2, 0) is 13.5 Å². The Labute approximate surface area is 182 Å². The molecule has 0 aliphatic carbocycles. The van der Waals surface area contributed by atoms with Gasteiger partial charge in [0.15, 0.2) is 5.69 Å². The second kappa shape index (κ2) is 9.15. The lowest BCUT2D eigenvalue weighted by Gasteiger charge is -2.17. The van der Waals surface area contributed by atoms with Crippen molar-refractivity contribution in [2.45, 2.75) is 31.7 Å². The van der Waals surface area contributed by atoms with Crippen LogP contribution in [0.1, 0.15) is 25.1 Å². The summed E-state index contributed by atoms with van der Waals surface area (Å²) in [4.78, 5) is 21.9. The van der Waals surface area contributed by atoms with E-state index >= 15 is 0 Å². The van der Waals surface area contributed by atoms with Crippen LogP contribution in [0.3, 0.4) is 0 Å². The van der Waals surface area contributed by atoms with Gasteiger partial charge in [-0.2, -0.15) is 0 Å². The van der Waals surface area contributed by atoms with Gasteiger partial charge in [-0.25, -0.2) is 9.83 Å². The lowest BCUT2D eigenvalue weighted by molar-refractivity contribution is 0.415. The van der Waals surface area contributed by atoms with Crippen LogP contribution in [0.25, 0.3) is 27.2 Å². The fraction of sp³-hybridized carbons (Fsp3) is 0.320. The summed E-state index contributed by atoms with van der Waals surface area (Å²) >= 11 is 0. The smallest absolute Gasteiger partial charge is 0.261 e. The van der Waals surface area contributed by atoms with Crippen LogP contribution < -0.4 is 15.6 Å². The minimum absolute atomic E-state index is 0.0706. The quantitative estimate of drug-likeness (QED) is 0.609. The number of rotatable bonds is 6. The van der Waals surface area contributed by atoms with Gasteiger partial charge in [0.2, 0.25) is 0 Å². The molecule has 31 heavy (non-hydrogen) atoms. The van der Waals surface area contributed by atoms with Crippen LogP contribution in [0, 0.1) is 6.57 Å². The number of hydrogen-bond acceptors (Lipinski definition) is 4. The number of nitrogens with zero attached hydrogens (tertiary/aromatic N) is 3. The van der Waals surface area contributed by atoms with Gasteiger partial charge >= 0.3 is 0 Å². The normalized spacial score (nSPS) is 15.6. The first-order chi connectivity index (χ1) is 15.1. The number of aryl methyl sites for hydroxylation is 1. The molecular weight excluding hydrogens is 388 g/mol. The predicted octanol–water partition coefficient (Wildman–Crippen LogP) is 4.36. The number of hydrogen-bond donors (Lipinski definition) is 1. The Bertz CT molecular complexity index is 1150. The van der Waals surface area contributed by atoms with Gasteiger partial charge in [-0.15, -0.1) is 0 Å². The maximum atomic E-state index is 13.5. The average Bonchev–Trinajstić information content (AvgIpc) is 3.34. The summed E-state index contributed by atoms with van der Waals surface area (Å²) < 4.78 is 6.94. The molecule has 6 nitrogen and oxygen atoms in total. The van der Waals surface area contributed by atoms with Crippen LogP contribution in [0.5, 0.6) is 5.75 Å². The maximum absolute atomic E-state index is 13.5. The zero-order valence-corrected chi connectivity index (χ0v) is 17.9. The SMILES string of the molecule is [C-]#[N+]c1ccc(-c2nc(CCC3CCCN3)n(C)c(=O)c2-c2ccc(OC)cc2)cc1. The highest BCUT2D eigenvalue weighted by molar-refractivity contribution is 5.81. The van der Waals surface area contributed by atoms with Crippen molar-refractivity contribution in [1.82, 2.24) is 14.9 Å². The monoisotopic (exact) mass is 414 g/mol. The molecule has 1 aliphatic heterocycles. The van der Waals surface area contributed by atoms with Gasteiger partial charge < -0.3 is 10.1 Å². The molecule has 2 heterocycles. The Morgan fingerprint density at radius 2 is 1.87 bits per heavy atom. The molecule has 6 heteroatoms. The molecule has 1 fully saturated rings. The van der Waals surface area contributed by atoms with Crippen LogP contribution in [0.4, 0.5) is 5.69 Å². The third kappa shape index (κ3) is 4.37. The minimum atomic E-state index is -0.0706. The van der Waals surface area contributed by atoms with Crippen molar-refractivity contribution < 1.29 is 4.74 Å². The fourth-order valence-electron chi connectivity index (χ4n) is 4.10. The van der Waals surface area contributed by atoms with E-state index in [2.05, 4.69) is 10.2 Å². The van der Waals surface area contributed by atoms with Crippen molar-refractivity contribution in [2.75, 3.05) is 13.7 Å². The summed E-state index contributed by atoms with van der Waals surface area (Å²) in [5.41, 5.74) is 3.32. The summed E-state index contributed by atoms with van der Waals surface area (Å²) in [7, 11) is 3.42. The summed E-state index contributed by atoms with van der Waals surface area (Å²) in [6.07, 6.45) is 4.06. The van der Waals surface area contributed by atoms with Gasteiger partial charge in [0.1, 0.15) is 11.6 Å². The Balaban J connectivity index is 1.82. The summed E-state index contributed by atoms with van der Waals surface area (Å²) in [6.45, 7) is 8.27. The first-order valence-electron chi connectivity index (χ1n) is 10.6. The molecule has 4 rings (SSSR count). The van der Waals surface area contributed by atoms with Crippen molar-refractivity contribution >= 4 is 5.69 Å².